The zero-order valence-electron chi connectivity index (χ0n) is 20.1. The Balaban J connectivity index is 1.48. The number of thioether (sulfide) groups is 1. The molecule has 7 nitrogen and oxygen atoms in total. The van der Waals surface area contributed by atoms with Crippen molar-refractivity contribution in [2.75, 3.05) is 13.2 Å². The molecule has 1 aliphatic rings. The van der Waals surface area contributed by atoms with Crippen LogP contribution in [-0.2, 0) is 14.9 Å². The summed E-state index contributed by atoms with van der Waals surface area (Å²) in [5, 5.41) is -0.415. The zero-order valence-corrected chi connectivity index (χ0v) is 21.7. The van der Waals surface area contributed by atoms with E-state index in [0.29, 0.717) is 11.3 Å². The first kappa shape index (κ1) is 25.5. The lowest BCUT2D eigenvalue weighted by atomic mass is 10.1. The van der Waals surface area contributed by atoms with E-state index in [0.717, 1.165) is 33.4 Å². The minimum Gasteiger partial charge on any atom is -0.491 e. The highest BCUT2D eigenvalue weighted by Gasteiger charge is 2.35. The van der Waals surface area contributed by atoms with Crippen LogP contribution in [0.4, 0.5) is 4.79 Å². The molecule has 0 radical (unpaired) electrons. The summed E-state index contributed by atoms with van der Waals surface area (Å²) in [6.45, 7) is 5.99. The molecule has 3 aromatic rings. The summed E-state index contributed by atoms with van der Waals surface area (Å²) in [5.41, 5.74) is 3.30. The van der Waals surface area contributed by atoms with Crippen LogP contribution in [0.3, 0.4) is 0 Å². The van der Waals surface area contributed by atoms with Crippen molar-refractivity contribution in [2.24, 2.45) is 0 Å². The third-order valence-electron chi connectivity index (χ3n) is 5.50. The third kappa shape index (κ3) is 5.80. The van der Waals surface area contributed by atoms with Crippen LogP contribution in [0.2, 0.25) is 0 Å². The number of imide groups is 1. The molecule has 9 heteroatoms. The molecule has 0 unspecified atom stereocenters. The van der Waals surface area contributed by atoms with E-state index in [2.05, 4.69) is 0 Å². The highest BCUT2D eigenvalue weighted by Crippen LogP contribution is 2.34. The number of ether oxygens (including phenoxy) is 1. The first-order valence-electron chi connectivity index (χ1n) is 11.2. The first-order chi connectivity index (χ1) is 17.1. The largest absolute Gasteiger partial charge is 0.491 e. The predicted octanol–water partition coefficient (Wildman–Crippen LogP) is 5.49. The van der Waals surface area contributed by atoms with Gasteiger partial charge < -0.3 is 8.92 Å². The smallest absolute Gasteiger partial charge is 0.339 e. The number of para-hydroxylation sites is 1. The predicted molar refractivity (Wildman–Crippen MR) is 140 cm³/mol. The number of carbonyl (C=O) groups excluding carboxylic acids is 2. The van der Waals surface area contributed by atoms with Gasteiger partial charge in [-0.3, -0.25) is 14.5 Å². The van der Waals surface area contributed by atoms with Gasteiger partial charge in [0, 0.05) is 5.56 Å². The monoisotopic (exact) mass is 523 g/mol. The third-order valence-corrected chi connectivity index (χ3v) is 7.66. The van der Waals surface area contributed by atoms with E-state index in [9.17, 15) is 18.0 Å². The van der Waals surface area contributed by atoms with Crippen LogP contribution in [0, 0.1) is 20.8 Å². The molecule has 1 fully saturated rings. The molecule has 186 valence electrons. The highest BCUT2D eigenvalue weighted by molar-refractivity contribution is 8.18. The molecule has 1 saturated heterocycles. The van der Waals surface area contributed by atoms with Crippen molar-refractivity contribution in [1.82, 2.24) is 4.90 Å². The molecule has 36 heavy (non-hydrogen) atoms. The average molecular weight is 524 g/mol. The van der Waals surface area contributed by atoms with Gasteiger partial charge in [0.1, 0.15) is 23.0 Å². The molecule has 0 aromatic heterocycles. The maximum atomic E-state index is 12.9. The summed E-state index contributed by atoms with van der Waals surface area (Å²) in [6.07, 6.45) is 1.47. The molecule has 0 bridgehead atoms. The van der Waals surface area contributed by atoms with Gasteiger partial charge in [-0.15, -0.1) is 0 Å². The lowest BCUT2D eigenvalue weighted by molar-refractivity contribution is -0.123. The lowest BCUT2D eigenvalue weighted by Gasteiger charge is -2.14. The van der Waals surface area contributed by atoms with Crippen molar-refractivity contribution >= 4 is 39.1 Å². The van der Waals surface area contributed by atoms with Crippen LogP contribution in [0.1, 0.15) is 22.3 Å². The average Bonchev–Trinajstić information content (AvgIpc) is 3.10. The molecule has 0 N–H and O–H groups in total. The summed E-state index contributed by atoms with van der Waals surface area (Å²) in [4.78, 5) is 26.8. The van der Waals surface area contributed by atoms with Gasteiger partial charge in [-0.25, -0.2) is 0 Å². The fourth-order valence-corrected chi connectivity index (χ4v) is 5.30. The number of carbonyl (C=O) groups is 2. The Morgan fingerprint density at radius 1 is 0.889 bits per heavy atom. The van der Waals surface area contributed by atoms with E-state index < -0.39 is 21.3 Å². The summed E-state index contributed by atoms with van der Waals surface area (Å²) in [6, 6.07) is 18.6. The van der Waals surface area contributed by atoms with Gasteiger partial charge in [0.2, 0.25) is 0 Å². The van der Waals surface area contributed by atoms with Crippen molar-refractivity contribution in [3.05, 3.63) is 93.9 Å². The van der Waals surface area contributed by atoms with Crippen molar-refractivity contribution in [2.45, 2.75) is 25.7 Å². The normalized spacial score (nSPS) is 15.0. The van der Waals surface area contributed by atoms with Gasteiger partial charge in [-0.1, -0.05) is 48.0 Å². The van der Waals surface area contributed by atoms with E-state index in [1.165, 1.54) is 24.3 Å². The van der Waals surface area contributed by atoms with E-state index >= 15 is 0 Å². The number of aryl methyl sites for hydroxylation is 3. The van der Waals surface area contributed by atoms with Gasteiger partial charge in [-0.2, -0.15) is 8.42 Å². The second-order valence-corrected chi connectivity index (χ2v) is 10.9. The molecular weight excluding hydrogens is 498 g/mol. The molecule has 1 heterocycles. The van der Waals surface area contributed by atoms with Gasteiger partial charge in [-0.05, 0) is 74.0 Å². The first-order valence-corrected chi connectivity index (χ1v) is 13.4. The van der Waals surface area contributed by atoms with Crippen molar-refractivity contribution in [3.63, 3.8) is 0 Å². The number of hydrogen-bond donors (Lipinski definition) is 0. The minimum atomic E-state index is -4.08. The van der Waals surface area contributed by atoms with Crippen LogP contribution in [0.5, 0.6) is 11.5 Å². The molecule has 4 rings (SSSR count). The van der Waals surface area contributed by atoms with E-state index in [-0.39, 0.29) is 28.7 Å². The van der Waals surface area contributed by atoms with E-state index in [4.69, 9.17) is 8.92 Å². The minimum absolute atomic E-state index is 0.0204. The lowest BCUT2D eigenvalue weighted by Crippen LogP contribution is -2.32. The van der Waals surface area contributed by atoms with Crippen LogP contribution in [-0.4, -0.2) is 37.6 Å². The molecule has 0 saturated carbocycles. The van der Waals surface area contributed by atoms with E-state index in [1.807, 2.05) is 39.0 Å². The van der Waals surface area contributed by atoms with Crippen LogP contribution in [0.15, 0.2) is 76.5 Å². The molecule has 1 aliphatic heterocycles. The molecule has 3 aromatic carbocycles. The zero-order chi connectivity index (χ0) is 25.9. The number of benzene rings is 3. The molecule has 0 aliphatic carbocycles. The van der Waals surface area contributed by atoms with Gasteiger partial charge in [0.05, 0.1) is 11.4 Å². The topological polar surface area (TPSA) is 90.0 Å². The molecule has 0 atom stereocenters. The van der Waals surface area contributed by atoms with Crippen molar-refractivity contribution < 1.29 is 26.9 Å². The molecule has 0 spiro atoms. The Morgan fingerprint density at radius 2 is 1.58 bits per heavy atom. The Morgan fingerprint density at radius 3 is 2.33 bits per heavy atom. The maximum Gasteiger partial charge on any atom is 0.339 e. The number of nitrogens with zero attached hydrogens (tertiary/aromatic N) is 1. The summed E-state index contributed by atoms with van der Waals surface area (Å²) < 4.78 is 36.7. The fourth-order valence-electron chi connectivity index (χ4n) is 3.49. The van der Waals surface area contributed by atoms with Gasteiger partial charge in [0.15, 0.2) is 0 Å². The second-order valence-electron chi connectivity index (χ2n) is 8.34. The number of amides is 2. The van der Waals surface area contributed by atoms with Crippen molar-refractivity contribution in [1.29, 1.82) is 0 Å². The Bertz CT molecular complexity index is 1450. The number of rotatable bonds is 8. The van der Waals surface area contributed by atoms with Crippen LogP contribution < -0.4 is 8.92 Å². The number of hydrogen-bond acceptors (Lipinski definition) is 7. The Hall–Kier alpha value is -3.56. The molecule has 2 amide bonds. The standard InChI is InChI=1S/C27H25NO6S2/c1-18-9-12-22(13-10-18)36(31,32)34-23-7-5-4-6-21(23)17-25-26(29)28(27(30)35-25)14-15-33-24-16-19(2)8-11-20(24)3/h4-13,16-17H,14-15H2,1-3H3/b25-17-. The Kier molecular flexibility index (Phi) is 7.51. The van der Waals surface area contributed by atoms with E-state index in [1.54, 1.807) is 30.3 Å². The summed E-state index contributed by atoms with van der Waals surface area (Å²) >= 11 is 0.791. The highest BCUT2D eigenvalue weighted by atomic mass is 32.2. The summed E-state index contributed by atoms with van der Waals surface area (Å²) in [7, 11) is -4.08. The van der Waals surface area contributed by atoms with Crippen LogP contribution in [0.25, 0.3) is 6.08 Å². The maximum absolute atomic E-state index is 12.9. The summed E-state index contributed by atoms with van der Waals surface area (Å²) in [5.74, 6) is 0.298. The van der Waals surface area contributed by atoms with Gasteiger partial charge >= 0.3 is 10.1 Å². The molecular formula is C27H25NO6S2. The van der Waals surface area contributed by atoms with Crippen molar-refractivity contribution in [3.8, 4) is 11.5 Å². The quantitative estimate of drug-likeness (QED) is 0.285. The second kappa shape index (κ2) is 10.6. The Labute approximate surface area is 214 Å². The van der Waals surface area contributed by atoms with Crippen LogP contribution >= 0.6 is 11.8 Å². The SMILES string of the molecule is Cc1ccc(S(=O)(=O)Oc2ccccc2/C=C2\SC(=O)N(CCOc3cc(C)ccc3C)C2=O)cc1. The van der Waals surface area contributed by atoms with Gasteiger partial charge in [0.25, 0.3) is 11.1 Å². The fraction of sp³-hybridized carbons (Fsp3) is 0.185.